The molecule has 0 aliphatic carbocycles. The van der Waals surface area contributed by atoms with Gasteiger partial charge in [-0.3, -0.25) is 14.7 Å². The lowest BCUT2D eigenvalue weighted by molar-refractivity contribution is 0.000550. The zero-order valence-electron chi connectivity index (χ0n) is 23.6. The standard InChI is InChI=1S/C31H37FN4O3/c1-21-19-35(17-18-36(21)30(38)39-31(3,4)5)20-23-7-13-26(14-8-23)34(6)29(37)27-15-16-28(33-22(27)2)24-9-11-25(32)12-10-24/h7-16,21H,17-20H2,1-6H3/t21-/m1/s1. The normalized spacial score (nSPS) is 16.2. The molecule has 8 heteroatoms. The third kappa shape index (κ3) is 7.00. The second kappa shape index (κ2) is 11.5. The summed E-state index contributed by atoms with van der Waals surface area (Å²) < 4.78 is 18.8. The van der Waals surface area contributed by atoms with E-state index in [1.54, 1.807) is 48.0 Å². The number of carbonyl (C=O) groups is 2. The first kappa shape index (κ1) is 28.2. The quantitative estimate of drug-likeness (QED) is 0.409. The lowest BCUT2D eigenvalue weighted by Crippen LogP contribution is -2.54. The predicted molar refractivity (Wildman–Crippen MR) is 151 cm³/mol. The first-order valence-electron chi connectivity index (χ1n) is 13.2. The fourth-order valence-electron chi connectivity index (χ4n) is 4.72. The van der Waals surface area contributed by atoms with E-state index in [1.807, 2.05) is 52.0 Å². The summed E-state index contributed by atoms with van der Waals surface area (Å²) in [6.45, 7) is 12.4. The molecule has 0 bridgehead atoms. The Morgan fingerprint density at radius 2 is 1.69 bits per heavy atom. The third-order valence-electron chi connectivity index (χ3n) is 6.83. The van der Waals surface area contributed by atoms with E-state index in [0.717, 1.165) is 36.4 Å². The van der Waals surface area contributed by atoms with Crippen LogP contribution in [0.1, 0.15) is 49.3 Å². The fourth-order valence-corrected chi connectivity index (χ4v) is 4.72. The van der Waals surface area contributed by atoms with Crippen molar-refractivity contribution in [3.05, 3.63) is 83.3 Å². The van der Waals surface area contributed by atoms with Crippen LogP contribution in [-0.4, -0.2) is 65.1 Å². The predicted octanol–water partition coefficient (Wildman–Crippen LogP) is 5.91. The molecule has 0 unspecified atom stereocenters. The van der Waals surface area contributed by atoms with Crippen molar-refractivity contribution < 1.29 is 18.7 Å². The molecule has 1 atom stereocenters. The van der Waals surface area contributed by atoms with E-state index < -0.39 is 5.60 Å². The summed E-state index contributed by atoms with van der Waals surface area (Å²) in [5.41, 5.74) is 4.04. The van der Waals surface area contributed by atoms with Crippen LogP contribution >= 0.6 is 0 Å². The highest BCUT2D eigenvalue weighted by atomic mass is 19.1. The number of hydrogen-bond donors (Lipinski definition) is 0. The Morgan fingerprint density at radius 1 is 1.03 bits per heavy atom. The van der Waals surface area contributed by atoms with Crippen LogP contribution in [0, 0.1) is 12.7 Å². The van der Waals surface area contributed by atoms with Crippen LogP contribution in [-0.2, 0) is 11.3 Å². The van der Waals surface area contributed by atoms with E-state index >= 15 is 0 Å². The molecule has 2 heterocycles. The summed E-state index contributed by atoms with van der Waals surface area (Å²) in [7, 11) is 1.75. The highest BCUT2D eigenvalue weighted by Crippen LogP contribution is 2.23. The van der Waals surface area contributed by atoms with Gasteiger partial charge in [-0.15, -0.1) is 0 Å². The van der Waals surface area contributed by atoms with Gasteiger partial charge in [0.2, 0.25) is 0 Å². The minimum Gasteiger partial charge on any atom is -0.444 e. The third-order valence-corrected chi connectivity index (χ3v) is 6.83. The van der Waals surface area contributed by atoms with E-state index in [2.05, 4.69) is 9.88 Å². The van der Waals surface area contributed by atoms with Gasteiger partial charge in [-0.05, 0) is 88.7 Å². The van der Waals surface area contributed by atoms with Crippen LogP contribution in [0.5, 0.6) is 0 Å². The number of ether oxygens (including phenoxy) is 1. The number of nitrogens with zero attached hydrogens (tertiary/aromatic N) is 4. The van der Waals surface area contributed by atoms with Crippen molar-refractivity contribution in [3.63, 3.8) is 0 Å². The number of piperazine rings is 1. The molecule has 206 valence electrons. The van der Waals surface area contributed by atoms with Crippen molar-refractivity contribution in [2.24, 2.45) is 0 Å². The first-order valence-corrected chi connectivity index (χ1v) is 13.2. The highest BCUT2D eigenvalue weighted by molar-refractivity contribution is 6.06. The van der Waals surface area contributed by atoms with E-state index in [4.69, 9.17) is 4.74 Å². The largest absolute Gasteiger partial charge is 0.444 e. The lowest BCUT2D eigenvalue weighted by Gasteiger charge is -2.40. The molecule has 1 aromatic heterocycles. The number of anilines is 1. The van der Waals surface area contributed by atoms with Gasteiger partial charge in [-0.1, -0.05) is 12.1 Å². The molecule has 1 saturated heterocycles. The molecule has 3 aromatic rings. The van der Waals surface area contributed by atoms with Gasteiger partial charge < -0.3 is 14.5 Å². The van der Waals surface area contributed by atoms with E-state index in [1.165, 1.54) is 12.1 Å². The number of aromatic nitrogens is 1. The minimum absolute atomic E-state index is 0.0583. The average Bonchev–Trinajstić information content (AvgIpc) is 2.88. The minimum atomic E-state index is -0.507. The summed E-state index contributed by atoms with van der Waals surface area (Å²) in [6, 6.07) is 17.7. The monoisotopic (exact) mass is 532 g/mol. The van der Waals surface area contributed by atoms with Crippen LogP contribution < -0.4 is 4.90 Å². The number of carbonyl (C=O) groups excluding carboxylic acids is 2. The van der Waals surface area contributed by atoms with Crippen LogP contribution in [0.15, 0.2) is 60.7 Å². The second-order valence-electron chi connectivity index (χ2n) is 11.1. The van der Waals surface area contributed by atoms with Gasteiger partial charge in [-0.2, -0.15) is 0 Å². The summed E-state index contributed by atoms with van der Waals surface area (Å²) in [6.07, 6.45) is -0.262. The van der Waals surface area contributed by atoms with Crippen LogP contribution in [0.2, 0.25) is 0 Å². The summed E-state index contributed by atoms with van der Waals surface area (Å²) in [5.74, 6) is -0.448. The van der Waals surface area contributed by atoms with Gasteiger partial charge in [0.1, 0.15) is 11.4 Å². The number of rotatable bonds is 5. The van der Waals surface area contributed by atoms with Gasteiger partial charge >= 0.3 is 6.09 Å². The first-order chi connectivity index (χ1) is 18.4. The molecule has 39 heavy (non-hydrogen) atoms. The SMILES string of the molecule is Cc1nc(-c2ccc(F)cc2)ccc1C(=O)N(C)c1ccc(CN2CCN(C(=O)OC(C)(C)C)[C@H](C)C2)cc1. The smallest absolute Gasteiger partial charge is 0.410 e. The summed E-state index contributed by atoms with van der Waals surface area (Å²) in [4.78, 5) is 36.1. The van der Waals surface area contributed by atoms with E-state index in [0.29, 0.717) is 23.5 Å². The molecular formula is C31H37FN4O3. The Labute approximate surface area is 230 Å². The number of halogens is 1. The van der Waals surface area contributed by atoms with Crippen molar-refractivity contribution in [1.29, 1.82) is 0 Å². The molecule has 1 aliphatic rings. The topological polar surface area (TPSA) is 66.0 Å². The van der Waals surface area contributed by atoms with Gasteiger partial charge in [0.25, 0.3) is 5.91 Å². The maximum absolute atomic E-state index is 13.3. The highest BCUT2D eigenvalue weighted by Gasteiger charge is 2.30. The number of pyridine rings is 1. The number of hydrogen-bond acceptors (Lipinski definition) is 5. The average molecular weight is 533 g/mol. The summed E-state index contributed by atoms with van der Waals surface area (Å²) >= 11 is 0. The Hall–Kier alpha value is -3.78. The van der Waals surface area contributed by atoms with Gasteiger partial charge in [0.15, 0.2) is 0 Å². The molecule has 2 aromatic carbocycles. The van der Waals surface area contributed by atoms with Gasteiger partial charge in [0.05, 0.1) is 17.0 Å². The van der Waals surface area contributed by atoms with Crippen LogP contribution in [0.3, 0.4) is 0 Å². The lowest BCUT2D eigenvalue weighted by atomic mass is 10.1. The van der Waals surface area contributed by atoms with Crippen LogP contribution in [0.4, 0.5) is 14.9 Å². The van der Waals surface area contributed by atoms with Crippen molar-refractivity contribution in [3.8, 4) is 11.3 Å². The van der Waals surface area contributed by atoms with Crippen molar-refractivity contribution in [2.75, 3.05) is 31.6 Å². The number of aryl methyl sites for hydroxylation is 1. The van der Waals surface area contributed by atoms with Crippen molar-refractivity contribution >= 4 is 17.7 Å². The molecule has 7 nitrogen and oxygen atoms in total. The van der Waals surface area contributed by atoms with Gasteiger partial charge in [0, 0.05) is 50.5 Å². The molecule has 1 aliphatic heterocycles. The number of amides is 2. The van der Waals surface area contributed by atoms with Crippen molar-refractivity contribution in [1.82, 2.24) is 14.8 Å². The van der Waals surface area contributed by atoms with Crippen LogP contribution in [0.25, 0.3) is 11.3 Å². The summed E-state index contributed by atoms with van der Waals surface area (Å²) in [5, 5.41) is 0. The Bertz CT molecular complexity index is 1320. The molecule has 0 radical (unpaired) electrons. The molecule has 0 saturated carbocycles. The van der Waals surface area contributed by atoms with Crippen molar-refractivity contribution in [2.45, 2.75) is 52.8 Å². The zero-order valence-corrected chi connectivity index (χ0v) is 23.6. The van der Waals surface area contributed by atoms with E-state index in [-0.39, 0.29) is 23.9 Å². The molecule has 1 fully saturated rings. The van der Waals surface area contributed by atoms with Gasteiger partial charge in [-0.25, -0.2) is 9.18 Å². The molecule has 4 rings (SSSR count). The molecular weight excluding hydrogens is 495 g/mol. The fraction of sp³-hybridized carbons (Fsp3) is 0.387. The van der Waals surface area contributed by atoms with E-state index in [9.17, 15) is 14.0 Å². The number of benzene rings is 2. The molecule has 0 N–H and O–H groups in total. The maximum Gasteiger partial charge on any atom is 0.410 e. The Kier molecular flexibility index (Phi) is 8.35. The maximum atomic E-state index is 13.3. The second-order valence-corrected chi connectivity index (χ2v) is 11.1. The molecule has 0 spiro atoms. The Balaban J connectivity index is 1.36. The molecule has 2 amide bonds. The Morgan fingerprint density at radius 3 is 2.28 bits per heavy atom. The zero-order chi connectivity index (χ0) is 28.3.